The summed E-state index contributed by atoms with van der Waals surface area (Å²) in [6, 6.07) is 8.02. The molecule has 2 N–H and O–H groups in total. The van der Waals surface area contributed by atoms with Crippen LogP contribution < -0.4 is 0 Å². The molecule has 0 amide bonds. The Morgan fingerprint density at radius 2 is 1.30 bits per heavy atom. The Hall–Kier alpha value is -2.43. The molecule has 0 fully saturated rings. The first-order chi connectivity index (χ1) is 9.54. The molecule has 0 atom stereocenters. The van der Waals surface area contributed by atoms with Gasteiger partial charge >= 0.3 is 0 Å². The van der Waals surface area contributed by atoms with Crippen LogP contribution in [0, 0.1) is 0 Å². The highest BCUT2D eigenvalue weighted by Gasteiger charge is 2.18. The summed E-state index contributed by atoms with van der Waals surface area (Å²) in [6.45, 7) is 6.56. The molecule has 0 aliphatic heterocycles. The van der Waals surface area contributed by atoms with Crippen LogP contribution in [-0.4, -0.2) is 25.4 Å². The minimum Gasteiger partial charge on any atom is -0.285 e. The number of hydrogen-bond acceptors (Lipinski definition) is 3. The van der Waals surface area contributed by atoms with Gasteiger partial charge in [-0.3, -0.25) is 10.2 Å². The summed E-state index contributed by atoms with van der Waals surface area (Å²) in [6.07, 6.45) is 3.60. The third-order valence-corrected chi connectivity index (χ3v) is 3.22. The largest absolute Gasteiger partial charge is 0.285 e. The molecule has 0 unspecified atom stereocenters. The highest BCUT2D eigenvalue weighted by atomic mass is 15.1. The van der Waals surface area contributed by atoms with Gasteiger partial charge in [-0.25, -0.2) is 4.98 Å². The monoisotopic (exact) mass is 267 g/mol. The van der Waals surface area contributed by atoms with Crippen molar-refractivity contribution < 1.29 is 0 Å². The molecule has 0 saturated carbocycles. The van der Waals surface area contributed by atoms with E-state index in [1.165, 1.54) is 5.56 Å². The van der Waals surface area contributed by atoms with Gasteiger partial charge in [0.05, 0.1) is 11.4 Å². The number of nitrogens with zero attached hydrogens (tertiary/aromatic N) is 3. The number of rotatable bonds is 2. The van der Waals surface area contributed by atoms with Gasteiger partial charge in [0.1, 0.15) is 11.4 Å². The lowest BCUT2D eigenvalue weighted by Crippen LogP contribution is -2.12. The third-order valence-electron chi connectivity index (χ3n) is 3.22. The number of H-pyrrole nitrogens is 2. The van der Waals surface area contributed by atoms with E-state index < -0.39 is 0 Å². The fraction of sp³-hybridized carbons (Fsp3) is 0.267. The summed E-state index contributed by atoms with van der Waals surface area (Å²) >= 11 is 0. The van der Waals surface area contributed by atoms with Crippen molar-refractivity contribution in [2.24, 2.45) is 0 Å². The molecule has 5 heteroatoms. The smallest absolute Gasteiger partial charge is 0.110 e. The number of aromatic nitrogens is 5. The van der Waals surface area contributed by atoms with Gasteiger partial charge in [0.25, 0.3) is 0 Å². The van der Waals surface area contributed by atoms with Crippen LogP contribution in [0.3, 0.4) is 0 Å². The average Bonchev–Trinajstić information content (AvgIpc) is 3.10. The van der Waals surface area contributed by atoms with Crippen molar-refractivity contribution in [3.8, 4) is 22.8 Å². The van der Waals surface area contributed by atoms with E-state index in [2.05, 4.69) is 58.3 Å². The predicted octanol–water partition coefficient (Wildman–Crippen LogP) is 3.16. The van der Waals surface area contributed by atoms with Gasteiger partial charge in [-0.1, -0.05) is 20.8 Å². The molecular formula is C15H17N5. The second-order valence-electron chi connectivity index (χ2n) is 5.80. The van der Waals surface area contributed by atoms with E-state index in [4.69, 9.17) is 0 Å². The Bertz CT molecular complexity index is 638. The first kappa shape index (κ1) is 12.6. The Labute approximate surface area is 117 Å². The van der Waals surface area contributed by atoms with Gasteiger partial charge in [0, 0.05) is 12.4 Å². The number of hydrogen-bond donors (Lipinski definition) is 2. The summed E-state index contributed by atoms with van der Waals surface area (Å²) in [4.78, 5) is 4.67. The molecule has 3 aromatic heterocycles. The molecular weight excluding hydrogens is 250 g/mol. The van der Waals surface area contributed by atoms with Gasteiger partial charge in [-0.05, 0) is 35.2 Å². The van der Waals surface area contributed by atoms with Gasteiger partial charge in [-0.2, -0.15) is 10.2 Å². The van der Waals surface area contributed by atoms with Gasteiger partial charge in [-0.15, -0.1) is 0 Å². The summed E-state index contributed by atoms with van der Waals surface area (Å²) in [5, 5.41) is 14.1. The predicted molar refractivity (Wildman–Crippen MR) is 78.1 cm³/mol. The zero-order valence-corrected chi connectivity index (χ0v) is 11.8. The molecule has 0 aromatic carbocycles. The van der Waals surface area contributed by atoms with Crippen LogP contribution in [0.2, 0.25) is 0 Å². The SMILES string of the molecule is CC(C)(C)c1cc(-c2cc[nH]n2)nc(-c2cc[nH]n2)c1. The molecule has 5 nitrogen and oxygen atoms in total. The van der Waals surface area contributed by atoms with Crippen LogP contribution in [0.15, 0.2) is 36.7 Å². The molecule has 3 rings (SSSR count). The van der Waals surface area contributed by atoms with Crippen molar-refractivity contribution in [2.45, 2.75) is 26.2 Å². The topological polar surface area (TPSA) is 70.2 Å². The molecule has 20 heavy (non-hydrogen) atoms. The first-order valence-corrected chi connectivity index (χ1v) is 6.57. The molecule has 0 aliphatic carbocycles. The molecule has 3 aromatic rings. The van der Waals surface area contributed by atoms with E-state index in [-0.39, 0.29) is 5.41 Å². The second-order valence-corrected chi connectivity index (χ2v) is 5.80. The highest BCUT2D eigenvalue weighted by molar-refractivity contribution is 5.63. The Morgan fingerprint density at radius 1 is 0.800 bits per heavy atom. The van der Waals surface area contributed by atoms with Crippen molar-refractivity contribution in [2.75, 3.05) is 0 Å². The van der Waals surface area contributed by atoms with Crippen LogP contribution in [0.4, 0.5) is 0 Å². The number of nitrogens with one attached hydrogen (secondary N) is 2. The normalized spacial score (nSPS) is 11.8. The van der Waals surface area contributed by atoms with Crippen LogP contribution in [0.25, 0.3) is 22.8 Å². The highest BCUT2D eigenvalue weighted by Crippen LogP contribution is 2.29. The van der Waals surface area contributed by atoms with E-state index in [0.717, 1.165) is 22.8 Å². The van der Waals surface area contributed by atoms with E-state index in [1.54, 1.807) is 12.4 Å². The molecule has 0 spiro atoms. The van der Waals surface area contributed by atoms with Crippen molar-refractivity contribution in [1.29, 1.82) is 0 Å². The van der Waals surface area contributed by atoms with Crippen LogP contribution in [-0.2, 0) is 5.41 Å². The summed E-state index contributed by atoms with van der Waals surface area (Å²) < 4.78 is 0. The summed E-state index contributed by atoms with van der Waals surface area (Å²) in [5.41, 5.74) is 4.65. The quantitative estimate of drug-likeness (QED) is 0.749. The van der Waals surface area contributed by atoms with Crippen LogP contribution in [0.5, 0.6) is 0 Å². The fourth-order valence-electron chi connectivity index (χ4n) is 2.03. The molecule has 0 radical (unpaired) electrons. The minimum absolute atomic E-state index is 0.0407. The zero-order chi connectivity index (χ0) is 14.2. The van der Waals surface area contributed by atoms with Gasteiger partial charge < -0.3 is 0 Å². The molecule has 3 heterocycles. The third kappa shape index (κ3) is 2.34. The fourth-order valence-corrected chi connectivity index (χ4v) is 2.03. The Balaban J connectivity index is 2.19. The maximum Gasteiger partial charge on any atom is 0.110 e. The summed E-state index contributed by atoms with van der Waals surface area (Å²) in [7, 11) is 0. The van der Waals surface area contributed by atoms with Crippen molar-refractivity contribution in [3.05, 3.63) is 42.2 Å². The standard InChI is InChI=1S/C15H17N5/c1-15(2,3)10-8-13(11-4-6-16-19-11)18-14(9-10)12-5-7-17-20-12/h4-9H,1-3H3,(H,16,19)(H,17,20). The van der Waals surface area contributed by atoms with Crippen LogP contribution in [0.1, 0.15) is 26.3 Å². The van der Waals surface area contributed by atoms with Gasteiger partial charge in [0.15, 0.2) is 0 Å². The average molecular weight is 267 g/mol. The maximum absolute atomic E-state index is 4.67. The van der Waals surface area contributed by atoms with Crippen molar-refractivity contribution >= 4 is 0 Å². The molecule has 0 bridgehead atoms. The lowest BCUT2D eigenvalue weighted by molar-refractivity contribution is 0.590. The number of pyridine rings is 1. The zero-order valence-electron chi connectivity index (χ0n) is 11.8. The number of aromatic amines is 2. The Morgan fingerprint density at radius 3 is 1.65 bits per heavy atom. The summed E-state index contributed by atoms with van der Waals surface area (Å²) in [5.74, 6) is 0. The van der Waals surface area contributed by atoms with E-state index in [1.807, 2.05) is 12.1 Å². The maximum atomic E-state index is 4.67. The lowest BCUT2D eigenvalue weighted by atomic mass is 9.86. The van der Waals surface area contributed by atoms with E-state index in [0.29, 0.717) is 0 Å². The minimum atomic E-state index is 0.0407. The lowest BCUT2D eigenvalue weighted by Gasteiger charge is -2.20. The van der Waals surface area contributed by atoms with Gasteiger partial charge in [0.2, 0.25) is 0 Å². The van der Waals surface area contributed by atoms with Crippen LogP contribution >= 0.6 is 0 Å². The second kappa shape index (κ2) is 4.59. The van der Waals surface area contributed by atoms with Crippen molar-refractivity contribution in [1.82, 2.24) is 25.4 Å². The Kier molecular flexibility index (Phi) is 2.89. The van der Waals surface area contributed by atoms with E-state index >= 15 is 0 Å². The van der Waals surface area contributed by atoms with Crippen molar-refractivity contribution in [3.63, 3.8) is 0 Å². The molecule has 102 valence electrons. The molecule has 0 aliphatic rings. The molecule has 0 saturated heterocycles. The van der Waals surface area contributed by atoms with E-state index in [9.17, 15) is 0 Å². The first-order valence-electron chi connectivity index (χ1n) is 6.57.